The molecule has 1 aromatic heterocycles. The number of carbonyl (C=O) groups is 2. The summed E-state index contributed by atoms with van der Waals surface area (Å²) in [5, 5.41) is 3.71. The Morgan fingerprint density at radius 1 is 1.14 bits per heavy atom. The van der Waals surface area contributed by atoms with Crippen LogP contribution in [0.2, 0.25) is 0 Å². The molecule has 0 aliphatic carbocycles. The summed E-state index contributed by atoms with van der Waals surface area (Å²) >= 11 is 1.61. The Hall–Kier alpha value is -3.19. The third-order valence-electron chi connectivity index (χ3n) is 4.23. The van der Waals surface area contributed by atoms with Crippen LogP contribution in [0.3, 0.4) is 0 Å². The minimum Gasteiger partial charge on any atom is -0.488 e. The summed E-state index contributed by atoms with van der Waals surface area (Å²) in [4.78, 5) is 28.6. The molecule has 1 aliphatic heterocycles. The van der Waals surface area contributed by atoms with Gasteiger partial charge in [0.1, 0.15) is 12.4 Å². The zero-order chi connectivity index (χ0) is 19.3. The number of ether oxygens (including phenoxy) is 2. The molecule has 0 radical (unpaired) electrons. The van der Waals surface area contributed by atoms with E-state index >= 15 is 0 Å². The Balaban J connectivity index is 1.23. The van der Waals surface area contributed by atoms with E-state index in [4.69, 9.17) is 9.47 Å². The zero-order valence-electron chi connectivity index (χ0n) is 15.0. The maximum absolute atomic E-state index is 12.1. The third-order valence-corrected chi connectivity index (χ3v) is 5.32. The molecule has 7 heteroatoms. The van der Waals surface area contributed by atoms with Crippen molar-refractivity contribution in [2.75, 3.05) is 19.8 Å². The average Bonchev–Trinajstić information content (AvgIpc) is 3.14. The lowest BCUT2D eigenvalue weighted by molar-refractivity contribution is -0.145. The molecule has 1 aliphatic rings. The standard InChI is InChI=1S/C21H18N2O4S/c24-19(22-10-9-20-23-16-6-2-4-8-18(16)28-20)13-27-21(25)15-11-14-5-1-3-7-17(14)26-12-15/h1-8,11H,9-10,12-13H2,(H,22,24). The van der Waals surface area contributed by atoms with E-state index in [0.29, 0.717) is 18.5 Å². The van der Waals surface area contributed by atoms with Crippen molar-refractivity contribution in [2.45, 2.75) is 6.42 Å². The number of carbonyl (C=O) groups excluding carboxylic acids is 2. The SMILES string of the molecule is O=C(COC(=O)C1=Cc2ccccc2OC1)NCCc1nc2ccccc2s1. The normalized spacial score (nSPS) is 12.6. The second-order valence-electron chi connectivity index (χ2n) is 6.25. The van der Waals surface area contributed by atoms with Crippen molar-refractivity contribution < 1.29 is 19.1 Å². The van der Waals surface area contributed by atoms with E-state index < -0.39 is 5.97 Å². The van der Waals surface area contributed by atoms with Crippen LogP contribution in [0.1, 0.15) is 10.6 Å². The van der Waals surface area contributed by atoms with E-state index in [1.165, 1.54) is 0 Å². The molecule has 2 heterocycles. The molecule has 6 nitrogen and oxygen atoms in total. The van der Waals surface area contributed by atoms with Gasteiger partial charge in [-0.1, -0.05) is 30.3 Å². The van der Waals surface area contributed by atoms with Crippen LogP contribution in [-0.2, 0) is 20.7 Å². The molecule has 4 rings (SSSR count). The molecule has 0 fully saturated rings. The minimum absolute atomic E-state index is 0.134. The van der Waals surface area contributed by atoms with Crippen molar-refractivity contribution in [2.24, 2.45) is 0 Å². The van der Waals surface area contributed by atoms with Gasteiger partial charge < -0.3 is 14.8 Å². The predicted molar refractivity (Wildman–Crippen MR) is 107 cm³/mol. The van der Waals surface area contributed by atoms with Gasteiger partial charge in [0, 0.05) is 18.5 Å². The number of benzene rings is 2. The van der Waals surface area contributed by atoms with Crippen LogP contribution >= 0.6 is 11.3 Å². The molecule has 0 saturated carbocycles. The maximum atomic E-state index is 12.1. The highest BCUT2D eigenvalue weighted by Gasteiger charge is 2.19. The number of nitrogens with zero attached hydrogens (tertiary/aromatic N) is 1. The van der Waals surface area contributed by atoms with E-state index in [0.717, 1.165) is 26.5 Å². The summed E-state index contributed by atoms with van der Waals surface area (Å²) in [5.41, 5.74) is 2.18. The van der Waals surface area contributed by atoms with E-state index in [-0.39, 0.29) is 19.1 Å². The number of hydrogen-bond donors (Lipinski definition) is 1. The molecule has 0 saturated heterocycles. The summed E-state index contributed by atoms with van der Waals surface area (Å²) in [6.45, 7) is 0.252. The number of thiazole rings is 1. The Kier molecular flexibility index (Phi) is 5.34. The zero-order valence-corrected chi connectivity index (χ0v) is 15.8. The molecular formula is C21H18N2O4S. The van der Waals surface area contributed by atoms with Crippen LogP contribution in [-0.4, -0.2) is 36.6 Å². The Morgan fingerprint density at radius 3 is 2.86 bits per heavy atom. The summed E-state index contributed by atoms with van der Waals surface area (Å²) in [6.07, 6.45) is 2.36. The first-order chi connectivity index (χ1) is 13.7. The lowest BCUT2D eigenvalue weighted by Crippen LogP contribution is -2.31. The van der Waals surface area contributed by atoms with Gasteiger partial charge in [0.15, 0.2) is 6.61 Å². The topological polar surface area (TPSA) is 77.5 Å². The van der Waals surface area contributed by atoms with Gasteiger partial charge in [0.25, 0.3) is 5.91 Å². The Labute approximate surface area is 165 Å². The molecule has 3 aromatic rings. The third kappa shape index (κ3) is 4.20. The van der Waals surface area contributed by atoms with Crippen molar-refractivity contribution in [3.63, 3.8) is 0 Å². The molecule has 0 unspecified atom stereocenters. The molecule has 0 atom stereocenters. The highest BCUT2D eigenvalue weighted by Crippen LogP contribution is 2.26. The average molecular weight is 394 g/mol. The second-order valence-corrected chi connectivity index (χ2v) is 7.36. The molecule has 1 amide bonds. The van der Waals surface area contributed by atoms with Gasteiger partial charge >= 0.3 is 5.97 Å². The summed E-state index contributed by atoms with van der Waals surface area (Å²) < 4.78 is 11.8. The van der Waals surface area contributed by atoms with Crippen LogP contribution < -0.4 is 10.1 Å². The summed E-state index contributed by atoms with van der Waals surface area (Å²) in [5.74, 6) is -0.158. The van der Waals surface area contributed by atoms with Crippen LogP contribution in [0.4, 0.5) is 0 Å². The maximum Gasteiger partial charge on any atom is 0.338 e. The fraction of sp³-hybridized carbons (Fsp3) is 0.190. The minimum atomic E-state index is -0.546. The van der Waals surface area contributed by atoms with Crippen molar-refractivity contribution in [3.8, 4) is 5.75 Å². The second kappa shape index (κ2) is 8.22. The van der Waals surface area contributed by atoms with Crippen LogP contribution in [0.5, 0.6) is 5.75 Å². The van der Waals surface area contributed by atoms with Gasteiger partial charge in [-0.15, -0.1) is 11.3 Å². The monoisotopic (exact) mass is 394 g/mol. The number of para-hydroxylation sites is 2. The highest BCUT2D eigenvalue weighted by atomic mass is 32.1. The van der Waals surface area contributed by atoms with E-state index in [1.807, 2.05) is 48.5 Å². The van der Waals surface area contributed by atoms with Crippen LogP contribution in [0.15, 0.2) is 54.1 Å². The van der Waals surface area contributed by atoms with Crippen molar-refractivity contribution in [1.82, 2.24) is 10.3 Å². The smallest absolute Gasteiger partial charge is 0.338 e. The van der Waals surface area contributed by atoms with Crippen molar-refractivity contribution in [3.05, 3.63) is 64.7 Å². The van der Waals surface area contributed by atoms with Crippen molar-refractivity contribution in [1.29, 1.82) is 0 Å². The summed E-state index contributed by atoms with van der Waals surface area (Å²) in [6, 6.07) is 15.4. The summed E-state index contributed by atoms with van der Waals surface area (Å²) in [7, 11) is 0. The van der Waals surface area contributed by atoms with E-state index in [9.17, 15) is 9.59 Å². The lowest BCUT2D eigenvalue weighted by Gasteiger charge is -2.16. The number of aromatic nitrogens is 1. The van der Waals surface area contributed by atoms with E-state index in [2.05, 4.69) is 10.3 Å². The number of rotatable bonds is 6. The number of hydrogen-bond acceptors (Lipinski definition) is 6. The quantitative estimate of drug-likeness (QED) is 0.651. The van der Waals surface area contributed by atoms with Crippen molar-refractivity contribution >= 4 is 39.5 Å². The van der Waals surface area contributed by atoms with Gasteiger partial charge in [-0.2, -0.15) is 0 Å². The molecular weight excluding hydrogens is 376 g/mol. The van der Waals surface area contributed by atoms with Gasteiger partial charge in [-0.3, -0.25) is 4.79 Å². The Morgan fingerprint density at radius 2 is 1.96 bits per heavy atom. The molecule has 1 N–H and O–H groups in total. The lowest BCUT2D eigenvalue weighted by atomic mass is 10.1. The van der Waals surface area contributed by atoms with Gasteiger partial charge in [0.05, 0.1) is 20.8 Å². The fourth-order valence-electron chi connectivity index (χ4n) is 2.84. The number of nitrogens with one attached hydrogen (secondary N) is 1. The molecule has 0 bridgehead atoms. The Bertz CT molecular complexity index is 1020. The first-order valence-electron chi connectivity index (χ1n) is 8.90. The van der Waals surface area contributed by atoms with Gasteiger partial charge in [0.2, 0.25) is 0 Å². The molecule has 0 spiro atoms. The highest BCUT2D eigenvalue weighted by molar-refractivity contribution is 7.18. The molecule has 28 heavy (non-hydrogen) atoms. The largest absolute Gasteiger partial charge is 0.488 e. The van der Waals surface area contributed by atoms with Crippen LogP contribution in [0, 0.1) is 0 Å². The number of amides is 1. The number of esters is 1. The van der Waals surface area contributed by atoms with Gasteiger partial charge in [-0.05, 0) is 24.3 Å². The predicted octanol–water partition coefficient (Wildman–Crippen LogP) is 2.97. The first kappa shape index (κ1) is 18.2. The van der Waals surface area contributed by atoms with Crippen LogP contribution in [0.25, 0.3) is 16.3 Å². The molecule has 142 valence electrons. The van der Waals surface area contributed by atoms with E-state index in [1.54, 1.807) is 17.4 Å². The molecule has 2 aromatic carbocycles. The number of fused-ring (bicyclic) bond motifs is 2. The first-order valence-corrected chi connectivity index (χ1v) is 9.71. The fourth-order valence-corrected chi connectivity index (χ4v) is 3.81. The van der Waals surface area contributed by atoms with Gasteiger partial charge in [-0.25, -0.2) is 9.78 Å².